The van der Waals surface area contributed by atoms with Crippen LogP contribution < -0.4 is 0 Å². The predicted molar refractivity (Wildman–Crippen MR) is 172 cm³/mol. The summed E-state index contributed by atoms with van der Waals surface area (Å²) >= 11 is 0. The molecule has 4 aliphatic rings. The summed E-state index contributed by atoms with van der Waals surface area (Å²) in [6.07, 6.45) is 11.6. The Balaban J connectivity index is 0.000000277. The molecule has 8 nitrogen and oxygen atoms in total. The first-order valence-corrected chi connectivity index (χ1v) is 14.0. The van der Waals surface area contributed by atoms with Crippen molar-refractivity contribution in [2.45, 2.75) is 100 Å². The largest absolute Gasteiger partial charge is 0.307 e. The summed E-state index contributed by atoms with van der Waals surface area (Å²) < 4.78 is 15.2. The van der Waals surface area contributed by atoms with Crippen LogP contribution >= 0.6 is 0 Å². The fourth-order valence-electron chi connectivity index (χ4n) is 8.46. The monoisotopic (exact) mass is 590 g/mol. The number of allylic oxidation sites excluding steroid dienone is 4. The second-order valence-electron chi connectivity index (χ2n) is 13.5. The molecule has 2 aromatic rings. The van der Waals surface area contributed by atoms with Gasteiger partial charge in [0.2, 0.25) is 11.4 Å². The molecule has 0 aliphatic heterocycles. The molecule has 4 aliphatic carbocycles. The molecule has 8 heteroatoms. The second kappa shape index (κ2) is 11.4. The first kappa shape index (κ1) is 32.1. The highest BCUT2D eigenvalue weighted by atomic mass is 16.1. The SMILES string of the molecule is C.[3H]C.[3H]C.[C-]#[N+]C1=C[C@]2(C)c3c(cnn3C)CC[C@H]2C(C)(C)C1=O.[C-]#[N+]C1=C[C@]2(C)c3nn(C)cc3CC[C@H]2C(C)(C)C1=O. The second-order valence-corrected chi connectivity index (χ2v) is 13.5. The third-order valence-corrected chi connectivity index (χ3v) is 10.3. The van der Waals surface area contributed by atoms with Crippen LogP contribution in [0.15, 0.2) is 35.9 Å². The number of hydrogen-bond acceptors (Lipinski definition) is 4. The molecule has 0 fully saturated rings. The van der Waals surface area contributed by atoms with E-state index in [-0.39, 0.29) is 53.1 Å². The van der Waals surface area contributed by atoms with Gasteiger partial charge in [-0.25, -0.2) is 9.69 Å². The molecule has 4 atom stereocenters. The quantitative estimate of drug-likeness (QED) is 0.304. The summed E-state index contributed by atoms with van der Waals surface area (Å²) in [4.78, 5) is 31.9. The van der Waals surface area contributed by atoms with Crippen molar-refractivity contribution in [3.05, 3.63) is 81.3 Å². The molecule has 43 heavy (non-hydrogen) atoms. The van der Waals surface area contributed by atoms with Gasteiger partial charge in [0.1, 0.15) is 0 Å². The molecule has 0 radical (unpaired) electrons. The molecule has 0 spiro atoms. The summed E-state index contributed by atoms with van der Waals surface area (Å²) in [5.74, 6) is 0.390. The van der Waals surface area contributed by atoms with E-state index < -0.39 is 10.8 Å². The van der Waals surface area contributed by atoms with Crippen LogP contribution in [0.1, 0.15) is 102 Å². The Morgan fingerprint density at radius 1 is 0.837 bits per heavy atom. The highest BCUT2D eigenvalue weighted by Crippen LogP contribution is 2.55. The number of carbonyl (C=O) groups is 2. The van der Waals surface area contributed by atoms with Crippen LogP contribution in [0.25, 0.3) is 9.69 Å². The molecule has 2 heterocycles. The molecule has 0 saturated carbocycles. The first-order chi connectivity index (χ1) is 20.6. The lowest BCUT2D eigenvalue weighted by Crippen LogP contribution is -2.51. The van der Waals surface area contributed by atoms with Gasteiger partial charge in [-0.2, -0.15) is 10.2 Å². The van der Waals surface area contributed by atoms with E-state index in [0.717, 1.165) is 37.1 Å². The van der Waals surface area contributed by atoms with Crippen LogP contribution in [0.4, 0.5) is 0 Å². The van der Waals surface area contributed by atoms with E-state index in [1.807, 2.05) is 69.5 Å². The normalized spacial score (nSPS) is 29.2. The van der Waals surface area contributed by atoms with Crippen molar-refractivity contribution in [2.75, 3.05) is 0 Å². The number of aryl methyl sites for hydroxylation is 4. The van der Waals surface area contributed by atoms with Gasteiger partial charge in [-0.05, 0) is 48.6 Å². The third kappa shape index (κ3) is 4.89. The molecule has 0 N–H and O–H groups in total. The van der Waals surface area contributed by atoms with Crippen molar-refractivity contribution >= 4 is 11.6 Å². The molecule has 0 amide bonds. The van der Waals surface area contributed by atoms with Gasteiger partial charge in [-0.1, -0.05) is 75.9 Å². The highest BCUT2D eigenvalue weighted by Gasteiger charge is 2.56. The van der Waals surface area contributed by atoms with Gasteiger partial charge in [-0.15, -0.1) is 0 Å². The van der Waals surface area contributed by atoms with Crippen LogP contribution in [-0.4, -0.2) is 31.1 Å². The fourth-order valence-corrected chi connectivity index (χ4v) is 8.46. The average Bonchev–Trinajstić information content (AvgIpc) is 3.58. The van der Waals surface area contributed by atoms with Gasteiger partial charge in [0.15, 0.2) is 11.6 Å². The zero-order valence-corrected chi connectivity index (χ0v) is 26.8. The maximum absolute atomic E-state index is 12.5. The minimum Gasteiger partial charge on any atom is -0.307 e. The van der Waals surface area contributed by atoms with Crippen LogP contribution in [-0.2, 0) is 47.4 Å². The van der Waals surface area contributed by atoms with E-state index in [0.29, 0.717) is 0 Å². The Hall–Kier alpha value is -3.78. The summed E-state index contributed by atoms with van der Waals surface area (Å²) in [6, 6.07) is 0. The summed E-state index contributed by atoms with van der Waals surface area (Å²) in [7, 11) is 6.37. The zero-order valence-electron chi connectivity index (χ0n) is 28.8. The van der Waals surface area contributed by atoms with E-state index in [1.165, 1.54) is 25.9 Å². The van der Waals surface area contributed by atoms with Crippen molar-refractivity contribution < 1.29 is 12.3 Å². The Bertz CT molecular complexity index is 1600. The van der Waals surface area contributed by atoms with Crippen molar-refractivity contribution in [1.82, 2.24) is 19.6 Å². The van der Waals surface area contributed by atoms with E-state index >= 15 is 0 Å². The number of aromatic nitrogens is 4. The Labute approximate surface area is 261 Å². The first-order valence-electron chi connectivity index (χ1n) is 16.0. The minimum atomic E-state index is -0.501. The number of nitrogens with zero attached hydrogens (tertiary/aromatic N) is 6. The Morgan fingerprint density at radius 2 is 1.30 bits per heavy atom. The van der Waals surface area contributed by atoms with Crippen LogP contribution in [0.5, 0.6) is 0 Å². The molecule has 232 valence electrons. The van der Waals surface area contributed by atoms with Gasteiger partial charge in [0.05, 0.1) is 25.0 Å². The van der Waals surface area contributed by atoms with Crippen LogP contribution in [0, 0.1) is 35.8 Å². The smallest absolute Gasteiger partial charge is 0.226 e. The average molecular weight is 591 g/mol. The van der Waals surface area contributed by atoms with Gasteiger partial charge < -0.3 is 9.59 Å². The molecule has 0 saturated heterocycles. The Kier molecular flexibility index (Phi) is 8.50. The summed E-state index contributed by atoms with van der Waals surface area (Å²) in [5.41, 5.74) is 3.66. The van der Waals surface area contributed by atoms with Crippen molar-refractivity contribution in [2.24, 2.45) is 36.8 Å². The lowest BCUT2D eigenvalue weighted by atomic mass is 9.53. The van der Waals surface area contributed by atoms with Gasteiger partial charge in [0.25, 0.3) is 0 Å². The molecule has 2 aromatic heterocycles. The van der Waals surface area contributed by atoms with Crippen molar-refractivity contribution in [1.29, 1.82) is 0 Å². The number of rotatable bonds is 0. The zero-order chi connectivity index (χ0) is 33.4. The fraction of sp³-hybridized carbons (Fsp3) is 0.600. The number of hydrogen-bond donors (Lipinski definition) is 0. The molecule has 0 bridgehead atoms. The van der Waals surface area contributed by atoms with Gasteiger partial charge >= 0.3 is 0 Å². The van der Waals surface area contributed by atoms with E-state index in [4.69, 9.17) is 15.9 Å². The lowest BCUT2D eigenvalue weighted by molar-refractivity contribution is -0.129. The molecular formula is C35H50N6O2. The number of Topliss-reactive ketones (excluding diaryl/α,β-unsaturated/α-hetero) is 2. The third-order valence-electron chi connectivity index (χ3n) is 10.3. The van der Waals surface area contributed by atoms with Crippen molar-refractivity contribution in [3.8, 4) is 0 Å². The van der Waals surface area contributed by atoms with E-state index in [1.54, 1.807) is 0 Å². The Morgan fingerprint density at radius 3 is 1.81 bits per heavy atom. The number of fused-ring (bicyclic) bond motifs is 6. The van der Waals surface area contributed by atoms with Crippen LogP contribution in [0.3, 0.4) is 0 Å². The minimum absolute atomic E-state index is 0. The van der Waals surface area contributed by atoms with Crippen molar-refractivity contribution in [3.63, 3.8) is 0 Å². The predicted octanol–water partition coefficient (Wildman–Crippen LogP) is 7.21. The lowest BCUT2D eigenvalue weighted by Gasteiger charge is -2.50. The standard InChI is InChI=1S/2C16H19N3O.3CH4/c1-15(2)12-7-6-10-9-19(5)18-13(10)16(12,3)8-11(17-4)14(15)20;1-15(2)12-7-6-10-9-18-19(5)13(10)16(12,3)8-11(17-4)14(15)20;;;/h2*8-9,12H,6-7H2,1-3,5H3;3*1H4/t2*12-,16-;;;/m00.../s1/i;;2*1T;. The van der Waals surface area contributed by atoms with Gasteiger partial charge in [0, 0.05) is 50.4 Å². The van der Waals surface area contributed by atoms with E-state index in [9.17, 15) is 9.59 Å². The number of ketones is 2. The highest BCUT2D eigenvalue weighted by molar-refractivity contribution is 6.03. The molecule has 0 unspecified atom stereocenters. The molecular weight excluding hydrogens is 536 g/mol. The topological polar surface area (TPSA) is 78.5 Å². The maximum atomic E-state index is 12.5. The number of carbonyl (C=O) groups excluding carboxylic acids is 2. The molecule has 0 aromatic carbocycles. The van der Waals surface area contributed by atoms with Gasteiger partial charge in [-0.3, -0.25) is 9.36 Å². The maximum Gasteiger partial charge on any atom is 0.226 e. The van der Waals surface area contributed by atoms with Crippen LogP contribution in [0.2, 0.25) is 0 Å². The summed E-state index contributed by atoms with van der Waals surface area (Å²) in [5, 5.41) is 9.00. The summed E-state index contributed by atoms with van der Waals surface area (Å²) in [6.45, 7) is 26.8. The van der Waals surface area contributed by atoms with E-state index in [2.05, 4.69) is 39.9 Å². The molecule has 6 rings (SSSR count).